The minimum absolute atomic E-state index is 0.0480. The summed E-state index contributed by atoms with van der Waals surface area (Å²) in [7, 11) is 1.28. The first-order chi connectivity index (χ1) is 9.56. The molecule has 0 aliphatic rings. The minimum Gasteiger partial charge on any atom is -0.469 e. The molecule has 0 unspecified atom stereocenters. The number of carbonyl (C=O) groups excluding carboxylic acids is 1. The van der Waals surface area contributed by atoms with Crippen molar-refractivity contribution in [2.24, 2.45) is 0 Å². The molecule has 2 aromatic heterocycles. The van der Waals surface area contributed by atoms with Gasteiger partial charge in [-0.1, -0.05) is 11.8 Å². The van der Waals surface area contributed by atoms with Crippen molar-refractivity contribution in [3.05, 3.63) is 33.9 Å². The Bertz CT molecular complexity index is 666. The minimum atomic E-state index is -0.452. The van der Waals surface area contributed by atoms with Gasteiger partial charge < -0.3 is 14.1 Å². The van der Waals surface area contributed by atoms with E-state index in [1.807, 2.05) is 0 Å². The van der Waals surface area contributed by atoms with Gasteiger partial charge in [-0.3, -0.25) is 9.59 Å². The average molecular weight is 296 g/mol. The lowest BCUT2D eigenvalue weighted by atomic mass is 10.3. The van der Waals surface area contributed by atoms with E-state index in [0.29, 0.717) is 28.4 Å². The van der Waals surface area contributed by atoms with E-state index in [4.69, 9.17) is 4.42 Å². The Balaban J connectivity index is 2.07. The second-order valence-corrected chi connectivity index (χ2v) is 4.76. The maximum absolute atomic E-state index is 11.5. The van der Waals surface area contributed by atoms with Gasteiger partial charge >= 0.3 is 5.97 Å². The number of methoxy groups -OCH3 is 1. The fraction of sp³-hybridized carbons (Fsp3) is 0.364. The number of hydrogen-bond acceptors (Lipinski definition) is 8. The van der Waals surface area contributed by atoms with Crippen molar-refractivity contribution in [2.75, 3.05) is 7.11 Å². The first-order valence-electron chi connectivity index (χ1n) is 5.65. The summed E-state index contributed by atoms with van der Waals surface area (Å²) < 4.78 is 9.75. The van der Waals surface area contributed by atoms with Crippen LogP contribution in [-0.2, 0) is 21.7 Å². The molecule has 0 amide bonds. The first-order valence-corrected chi connectivity index (χ1v) is 6.64. The number of aromatic nitrogens is 4. The van der Waals surface area contributed by atoms with Crippen molar-refractivity contribution in [3.8, 4) is 0 Å². The van der Waals surface area contributed by atoms with Gasteiger partial charge in [0.2, 0.25) is 11.8 Å². The van der Waals surface area contributed by atoms with Crippen molar-refractivity contribution in [1.29, 1.82) is 0 Å². The van der Waals surface area contributed by atoms with Crippen LogP contribution in [0.3, 0.4) is 0 Å². The van der Waals surface area contributed by atoms with Crippen LogP contribution in [-0.4, -0.2) is 33.2 Å². The van der Waals surface area contributed by atoms with Gasteiger partial charge in [-0.2, -0.15) is 0 Å². The third-order valence-corrected chi connectivity index (χ3v) is 3.08. The standard InChI is InChI=1S/C11H12N4O4S/c1-6-14-15-9(19-6)5-20-11-12-7(3-8(16)13-11)4-10(17)18-2/h3H,4-5H2,1-2H3,(H,12,13,16). The molecule has 8 nitrogen and oxygen atoms in total. The normalized spacial score (nSPS) is 10.5. The van der Waals surface area contributed by atoms with E-state index in [2.05, 4.69) is 24.9 Å². The fourth-order valence-corrected chi connectivity index (χ4v) is 2.12. The Labute approximate surface area is 118 Å². The molecule has 1 N–H and O–H groups in total. The molecule has 106 valence electrons. The maximum Gasteiger partial charge on any atom is 0.311 e. The molecule has 0 fully saturated rings. The summed E-state index contributed by atoms with van der Waals surface area (Å²) >= 11 is 1.23. The lowest BCUT2D eigenvalue weighted by Gasteiger charge is -2.02. The quantitative estimate of drug-likeness (QED) is 0.481. The summed E-state index contributed by atoms with van der Waals surface area (Å²) in [5.74, 6) is 0.840. The maximum atomic E-state index is 11.5. The number of aryl methyl sites for hydroxylation is 1. The molecule has 0 radical (unpaired) electrons. The number of nitrogens with one attached hydrogen (secondary N) is 1. The average Bonchev–Trinajstić information content (AvgIpc) is 2.81. The van der Waals surface area contributed by atoms with E-state index in [-0.39, 0.29) is 12.0 Å². The zero-order valence-electron chi connectivity index (χ0n) is 10.9. The number of thioether (sulfide) groups is 1. The van der Waals surface area contributed by atoms with Gasteiger partial charge in [-0.05, 0) is 0 Å². The van der Waals surface area contributed by atoms with Gasteiger partial charge in [0.05, 0.1) is 25.0 Å². The summed E-state index contributed by atoms with van der Waals surface area (Å²) in [6.45, 7) is 1.69. The number of rotatable bonds is 5. The smallest absolute Gasteiger partial charge is 0.311 e. The number of nitrogens with zero attached hydrogens (tertiary/aromatic N) is 3. The van der Waals surface area contributed by atoms with Crippen LogP contribution in [0.15, 0.2) is 20.4 Å². The molecule has 0 atom stereocenters. The highest BCUT2D eigenvalue weighted by atomic mass is 32.2. The molecule has 0 spiro atoms. The predicted molar refractivity (Wildman–Crippen MR) is 69.2 cm³/mol. The van der Waals surface area contributed by atoms with E-state index in [1.165, 1.54) is 24.9 Å². The van der Waals surface area contributed by atoms with Gasteiger partial charge in [-0.15, -0.1) is 10.2 Å². The van der Waals surface area contributed by atoms with Gasteiger partial charge in [-0.25, -0.2) is 4.98 Å². The van der Waals surface area contributed by atoms with Crippen LogP contribution in [0.4, 0.5) is 0 Å². The van der Waals surface area contributed by atoms with Crippen LogP contribution in [0.25, 0.3) is 0 Å². The third kappa shape index (κ3) is 3.92. The summed E-state index contributed by atoms with van der Waals surface area (Å²) in [6.07, 6.45) is -0.0480. The lowest BCUT2D eigenvalue weighted by molar-refractivity contribution is -0.139. The predicted octanol–water partition coefficient (Wildman–Crippen LogP) is 0.469. The zero-order valence-corrected chi connectivity index (χ0v) is 11.7. The molecule has 0 aromatic carbocycles. The van der Waals surface area contributed by atoms with Gasteiger partial charge in [0, 0.05) is 13.0 Å². The topological polar surface area (TPSA) is 111 Å². The van der Waals surface area contributed by atoms with Crippen LogP contribution < -0.4 is 5.56 Å². The number of hydrogen-bond donors (Lipinski definition) is 1. The van der Waals surface area contributed by atoms with E-state index < -0.39 is 5.97 Å². The Morgan fingerprint density at radius 1 is 1.50 bits per heavy atom. The highest BCUT2D eigenvalue weighted by Gasteiger charge is 2.09. The molecule has 2 aromatic rings. The SMILES string of the molecule is COC(=O)Cc1cc(=O)[nH]c(SCc2nnc(C)o2)n1. The molecule has 0 saturated carbocycles. The van der Waals surface area contributed by atoms with Crippen LogP contribution in [0.5, 0.6) is 0 Å². The second kappa shape index (κ2) is 6.33. The van der Waals surface area contributed by atoms with Crippen LogP contribution in [0.1, 0.15) is 17.5 Å². The fourth-order valence-electron chi connectivity index (χ4n) is 1.39. The van der Waals surface area contributed by atoms with Crippen LogP contribution in [0.2, 0.25) is 0 Å². The largest absolute Gasteiger partial charge is 0.469 e. The summed E-state index contributed by atoms with van der Waals surface area (Å²) in [5, 5.41) is 7.92. The molecular formula is C11H12N4O4S. The van der Waals surface area contributed by atoms with Crippen molar-refractivity contribution in [2.45, 2.75) is 24.3 Å². The number of H-pyrrole nitrogens is 1. The van der Waals surface area contributed by atoms with E-state index in [1.54, 1.807) is 6.92 Å². The Morgan fingerprint density at radius 3 is 2.95 bits per heavy atom. The molecule has 2 heterocycles. The second-order valence-electron chi connectivity index (χ2n) is 3.80. The third-order valence-electron chi connectivity index (χ3n) is 2.23. The van der Waals surface area contributed by atoms with E-state index in [0.717, 1.165) is 0 Å². The Kier molecular flexibility index (Phi) is 4.51. The number of ether oxygens (including phenoxy) is 1. The van der Waals surface area contributed by atoms with Crippen molar-refractivity contribution < 1.29 is 13.9 Å². The van der Waals surface area contributed by atoms with E-state index >= 15 is 0 Å². The molecule has 0 bridgehead atoms. The lowest BCUT2D eigenvalue weighted by Crippen LogP contribution is -2.13. The molecule has 9 heteroatoms. The summed E-state index contributed by atoms with van der Waals surface area (Å²) in [6, 6.07) is 1.26. The zero-order chi connectivity index (χ0) is 14.5. The first kappa shape index (κ1) is 14.3. The Morgan fingerprint density at radius 2 is 2.30 bits per heavy atom. The summed E-state index contributed by atoms with van der Waals surface area (Å²) in [5.41, 5.74) is 0.0212. The van der Waals surface area contributed by atoms with E-state index in [9.17, 15) is 9.59 Å². The molecule has 0 aliphatic carbocycles. The summed E-state index contributed by atoms with van der Waals surface area (Å²) in [4.78, 5) is 29.4. The highest BCUT2D eigenvalue weighted by Crippen LogP contribution is 2.17. The van der Waals surface area contributed by atoms with Gasteiger partial charge in [0.15, 0.2) is 5.16 Å². The molecule has 20 heavy (non-hydrogen) atoms. The van der Waals surface area contributed by atoms with Crippen molar-refractivity contribution >= 4 is 17.7 Å². The molecule has 2 rings (SSSR count). The number of aromatic amines is 1. The number of esters is 1. The molecule has 0 saturated heterocycles. The van der Waals surface area contributed by atoms with Crippen LogP contribution >= 0.6 is 11.8 Å². The van der Waals surface area contributed by atoms with Crippen LogP contribution in [0, 0.1) is 6.92 Å². The van der Waals surface area contributed by atoms with Crippen molar-refractivity contribution in [3.63, 3.8) is 0 Å². The van der Waals surface area contributed by atoms with Gasteiger partial charge in [0.1, 0.15) is 0 Å². The monoisotopic (exact) mass is 296 g/mol. The van der Waals surface area contributed by atoms with Gasteiger partial charge in [0.25, 0.3) is 5.56 Å². The highest BCUT2D eigenvalue weighted by molar-refractivity contribution is 7.98. The molecular weight excluding hydrogens is 284 g/mol. The molecule has 0 aliphatic heterocycles. The number of carbonyl (C=O) groups is 1. The Hall–Kier alpha value is -2.16. The van der Waals surface area contributed by atoms with Crippen molar-refractivity contribution in [1.82, 2.24) is 20.2 Å².